The van der Waals surface area contributed by atoms with Crippen LogP contribution in [0.1, 0.15) is 12.0 Å². The van der Waals surface area contributed by atoms with Crippen LogP contribution in [0.5, 0.6) is 0 Å². The number of aliphatic carboxylic acids is 1. The average Bonchev–Trinajstić information content (AvgIpc) is 2.80. The molecule has 0 spiro atoms. The quantitative estimate of drug-likeness (QED) is 0.841. The van der Waals surface area contributed by atoms with E-state index < -0.39 is 23.0 Å². The second-order valence-electron chi connectivity index (χ2n) is 4.51. The maximum absolute atomic E-state index is 13.8. The molecule has 0 radical (unpaired) electrons. The van der Waals surface area contributed by atoms with Crippen molar-refractivity contribution in [1.82, 2.24) is 5.32 Å². The lowest BCUT2D eigenvalue weighted by Gasteiger charge is -2.23. The first-order chi connectivity index (χ1) is 8.46. The molecule has 0 saturated carbocycles. The summed E-state index contributed by atoms with van der Waals surface area (Å²) in [6, 6.07) is 2.41. The van der Waals surface area contributed by atoms with Crippen molar-refractivity contribution in [3.8, 4) is 0 Å². The van der Waals surface area contributed by atoms with Crippen LogP contribution in [-0.4, -0.2) is 24.2 Å². The van der Waals surface area contributed by atoms with Crippen LogP contribution in [-0.2, 0) is 11.2 Å². The Hall–Kier alpha value is -1.01. The van der Waals surface area contributed by atoms with Gasteiger partial charge in [0.1, 0.15) is 11.6 Å². The standard InChI is InChI=1S/C12H12BrF2NO2/c13-8-1-2-9(14)7(10(8)15)5-12(11(17)18)3-4-16-6-12/h1-2,16H,3-6H2,(H,17,18). The fourth-order valence-electron chi connectivity index (χ4n) is 2.22. The molecular formula is C12H12BrF2NO2. The molecule has 3 nitrogen and oxygen atoms in total. The van der Waals surface area contributed by atoms with Gasteiger partial charge in [-0.15, -0.1) is 0 Å². The van der Waals surface area contributed by atoms with E-state index in [-0.39, 0.29) is 23.0 Å². The Bertz CT molecular complexity index is 487. The third-order valence-electron chi connectivity index (χ3n) is 3.35. The molecule has 1 aromatic carbocycles. The van der Waals surface area contributed by atoms with Crippen molar-refractivity contribution >= 4 is 21.9 Å². The molecule has 0 aromatic heterocycles. The average molecular weight is 320 g/mol. The van der Waals surface area contributed by atoms with E-state index in [0.717, 1.165) is 6.07 Å². The molecule has 0 amide bonds. The third kappa shape index (κ3) is 2.27. The highest BCUT2D eigenvalue weighted by Gasteiger charge is 2.42. The van der Waals surface area contributed by atoms with Crippen molar-refractivity contribution in [2.45, 2.75) is 12.8 Å². The first-order valence-electron chi connectivity index (χ1n) is 5.53. The molecule has 1 heterocycles. The highest BCUT2D eigenvalue weighted by atomic mass is 79.9. The van der Waals surface area contributed by atoms with Crippen LogP contribution in [0.15, 0.2) is 16.6 Å². The lowest BCUT2D eigenvalue weighted by atomic mass is 9.80. The molecule has 1 atom stereocenters. The largest absolute Gasteiger partial charge is 0.481 e. The molecule has 1 aliphatic rings. The van der Waals surface area contributed by atoms with E-state index >= 15 is 0 Å². The summed E-state index contributed by atoms with van der Waals surface area (Å²) in [5.74, 6) is -2.45. The van der Waals surface area contributed by atoms with Gasteiger partial charge in [-0.25, -0.2) is 8.78 Å². The van der Waals surface area contributed by atoms with Crippen molar-refractivity contribution in [3.63, 3.8) is 0 Å². The Morgan fingerprint density at radius 2 is 2.22 bits per heavy atom. The summed E-state index contributed by atoms with van der Waals surface area (Å²) in [6.45, 7) is 0.775. The highest BCUT2D eigenvalue weighted by Crippen LogP contribution is 2.33. The van der Waals surface area contributed by atoms with Crippen LogP contribution in [0.2, 0.25) is 0 Å². The fraction of sp³-hybridized carbons (Fsp3) is 0.417. The van der Waals surface area contributed by atoms with Gasteiger partial charge in [-0.05, 0) is 47.4 Å². The zero-order valence-corrected chi connectivity index (χ0v) is 11.1. The Morgan fingerprint density at radius 1 is 1.50 bits per heavy atom. The summed E-state index contributed by atoms with van der Waals surface area (Å²) in [5, 5.41) is 12.2. The molecule has 0 bridgehead atoms. The maximum Gasteiger partial charge on any atom is 0.311 e. The van der Waals surface area contributed by atoms with Crippen molar-refractivity contribution in [2.75, 3.05) is 13.1 Å². The number of nitrogens with one attached hydrogen (secondary N) is 1. The van der Waals surface area contributed by atoms with Crippen LogP contribution in [0.3, 0.4) is 0 Å². The van der Waals surface area contributed by atoms with Crippen LogP contribution in [0, 0.1) is 17.0 Å². The van der Waals surface area contributed by atoms with Crippen molar-refractivity contribution in [1.29, 1.82) is 0 Å². The van der Waals surface area contributed by atoms with Gasteiger partial charge < -0.3 is 10.4 Å². The van der Waals surface area contributed by atoms with E-state index in [1.54, 1.807) is 0 Å². The molecule has 1 unspecified atom stereocenters. The number of carboxylic acids is 1. The highest BCUT2D eigenvalue weighted by molar-refractivity contribution is 9.10. The fourth-order valence-corrected chi connectivity index (χ4v) is 2.59. The monoisotopic (exact) mass is 319 g/mol. The van der Waals surface area contributed by atoms with E-state index in [4.69, 9.17) is 0 Å². The predicted molar refractivity (Wildman–Crippen MR) is 65.3 cm³/mol. The number of hydrogen-bond acceptors (Lipinski definition) is 2. The molecule has 6 heteroatoms. The van der Waals surface area contributed by atoms with Crippen molar-refractivity contribution < 1.29 is 18.7 Å². The van der Waals surface area contributed by atoms with Gasteiger partial charge in [0.05, 0.1) is 9.89 Å². The van der Waals surface area contributed by atoms with Gasteiger partial charge in [-0.3, -0.25) is 4.79 Å². The van der Waals surface area contributed by atoms with Gasteiger partial charge in [0.25, 0.3) is 0 Å². The number of carbonyl (C=O) groups is 1. The molecule has 18 heavy (non-hydrogen) atoms. The minimum atomic E-state index is -1.12. The molecule has 1 aromatic rings. The van der Waals surface area contributed by atoms with E-state index in [1.807, 2.05) is 0 Å². The number of halogens is 3. The number of benzene rings is 1. The van der Waals surface area contributed by atoms with Crippen LogP contribution < -0.4 is 5.32 Å². The second-order valence-corrected chi connectivity index (χ2v) is 5.37. The zero-order valence-electron chi connectivity index (χ0n) is 9.47. The third-order valence-corrected chi connectivity index (χ3v) is 3.96. The van der Waals surface area contributed by atoms with Crippen molar-refractivity contribution in [2.24, 2.45) is 5.41 Å². The smallest absolute Gasteiger partial charge is 0.311 e. The lowest BCUT2D eigenvalue weighted by molar-refractivity contribution is -0.147. The summed E-state index contributed by atoms with van der Waals surface area (Å²) in [5.41, 5.74) is -1.29. The van der Waals surface area contributed by atoms with E-state index in [0.29, 0.717) is 13.0 Å². The number of carboxylic acid groups (broad SMARTS) is 1. The molecule has 0 aliphatic carbocycles. The van der Waals surface area contributed by atoms with Gasteiger partial charge in [-0.2, -0.15) is 0 Å². The maximum atomic E-state index is 13.8. The predicted octanol–water partition coefficient (Wildman–Crippen LogP) is 2.33. The molecular weight excluding hydrogens is 308 g/mol. The summed E-state index contributed by atoms with van der Waals surface area (Å²) >= 11 is 2.98. The summed E-state index contributed by atoms with van der Waals surface area (Å²) in [6.07, 6.45) is 0.222. The van der Waals surface area contributed by atoms with E-state index in [2.05, 4.69) is 21.2 Å². The summed E-state index contributed by atoms with van der Waals surface area (Å²) in [7, 11) is 0. The zero-order chi connectivity index (χ0) is 13.3. The topological polar surface area (TPSA) is 49.3 Å². The Balaban J connectivity index is 2.39. The van der Waals surface area contributed by atoms with Crippen LogP contribution in [0.25, 0.3) is 0 Å². The minimum Gasteiger partial charge on any atom is -0.481 e. The first kappa shape index (κ1) is 13.4. The molecule has 2 N–H and O–H groups in total. The van der Waals surface area contributed by atoms with E-state index in [1.165, 1.54) is 6.07 Å². The molecule has 1 saturated heterocycles. The molecule has 1 fully saturated rings. The van der Waals surface area contributed by atoms with Crippen LogP contribution in [0.4, 0.5) is 8.78 Å². The van der Waals surface area contributed by atoms with E-state index in [9.17, 15) is 18.7 Å². The Morgan fingerprint density at radius 3 is 2.78 bits per heavy atom. The molecule has 98 valence electrons. The number of hydrogen-bond donors (Lipinski definition) is 2. The normalized spacial score (nSPS) is 23.3. The minimum absolute atomic E-state index is 0.144. The lowest BCUT2D eigenvalue weighted by Crippen LogP contribution is -2.36. The first-order valence-corrected chi connectivity index (χ1v) is 6.32. The van der Waals surface area contributed by atoms with Gasteiger partial charge in [-0.1, -0.05) is 0 Å². The van der Waals surface area contributed by atoms with Gasteiger partial charge in [0.15, 0.2) is 0 Å². The number of rotatable bonds is 3. The van der Waals surface area contributed by atoms with Gasteiger partial charge >= 0.3 is 5.97 Å². The van der Waals surface area contributed by atoms with Crippen LogP contribution >= 0.6 is 15.9 Å². The Labute approximate surface area is 111 Å². The molecule has 1 aliphatic heterocycles. The van der Waals surface area contributed by atoms with Crippen molar-refractivity contribution in [3.05, 3.63) is 33.8 Å². The van der Waals surface area contributed by atoms with Gasteiger partial charge in [0.2, 0.25) is 0 Å². The Kier molecular flexibility index (Phi) is 3.68. The molecule has 2 rings (SSSR count). The second kappa shape index (κ2) is 4.93. The van der Waals surface area contributed by atoms with Gasteiger partial charge in [0, 0.05) is 12.1 Å². The summed E-state index contributed by atoms with van der Waals surface area (Å²) < 4.78 is 27.6. The SMILES string of the molecule is O=C(O)C1(Cc2c(F)ccc(Br)c2F)CCNC1. The summed E-state index contributed by atoms with van der Waals surface area (Å²) in [4.78, 5) is 11.3.